The molecule has 1 aliphatic rings. The normalized spacial score (nSPS) is 23.7. The summed E-state index contributed by atoms with van der Waals surface area (Å²) in [5.74, 6) is 1.12. The van der Waals surface area contributed by atoms with Gasteiger partial charge in [0.15, 0.2) is 5.78 Å². The number of nitrogens with zero attached hydrogens (tertiary/aromatic N) is 1. The molecular formula is C16H25NOS. The van der Waals surface area contributed by atoms with Gasteiger partial charge in [0, 0.05) is 12.5 Å². The standard InChI is InChI=1S/C16H25NOS/c1-13-7-3-4-8-14(13)17(2)11-5-9-15(18)16-10-6-12-19-16/h6,10,12-14H,3-5,7-9,11H2,1-2H3. The van der Waals surface area contributed by atoms with Crippen molar-refractivity contribution in [2.75, 3.05) is 13.6 Å². The summed E-state index contributed by atoms with van der Waals surface area (Å²) in [6.07, 6.45) is 7.12. The maximum absolute atomic E-state index is 11.9. The van der Waals surface area contributed by atoms with Gasteiger partial charge in [-0.05, 0) is 50.2 Å². The molecule has 0 bridgehead atoms. The second kappa shape index (κ2) is 7.20. The zero-order valence-electron chi connectivity index (χ0n) is 12.1. The molecule has 2 rings (SSSR count). The molecule has 1 aromatic heterocycles. The minimum Gasteiger partial charge on any atom is -0.303 e. The van der Waals surface area contributed by atoms with E-state index in [4.69, 9.17) is 0 Å². The third-order valence-corrected chi connectivity index (χ3v) is 5.25. The lowest BCUT2D eigenvalue weighted by atomic mass is 9.85. The van der Waals surface area contributed by atoms with Crippen LogP contribution in [0.25, 0.3) is 0 Å². The molecule has 0 amide bonds. The monoisotopic (exact) mass is 279 g/mol. The van der Waals surface area contributed by atoms with Crippen molar-refractivity contribution in [1.82, 2.24) is 4.90 Å². The Kier molecular flexibility index (Phi) is 5.59. The summed E-state index contributed by atoms with van der Waals surface area (Å²) in [7, 11) is 2.22. The van der Waals surface area contributed by atoms with Crippen LogP contribution >= 0.6 is 11.3 Å². The Morgan fingerprint density at radius 1 is 1.42 bits per heavy atom. The molecule has 106 valence electrons. The first-order valence-corrected chi connectivity index (χ1v) is 8.33. The number of carbonyl (C=O) groups is 1. The van der Waals surface area contributed by atoms with Gasteiger partial charge in [-0.3, -0.25) is 4.79 Å². The topological polar surface area (TPSA) is 20.3 Å². The summed E-state index contributed by atoms with van der Waals surface area (Å²) in [4.78, 5) is 15.3. The number of thiophene rings is 1. The first-order valence-electron chi connectivity index (χ1n) is 7.45. The molecule has 1 heterocycles. The highest BCUT2D eigenvalue weighted by Gasteiger charge is 2.24. The fourth-order valence-electron chi connectivity index (χ4n) is 3.17. The van der Waals surface area contributed by atoms with E-state index in [-0.39, 0.29) is 0 Å². The summed E-state index contributed by atoms with van der Waals surface area (Å²) in [5.41, 5.74) is 0. The van der Waals surface area contributed by atoms with E-state index in [1.165, 1.54) is 25.7 Å². The minimum atomic E-state index is 0.306. The van der Waals surface area contributed by atoms with Crippen LogP contribution in [-0.2, 0) is 0 Å². The highest BCUT2D eigenvalue weighted by atomic mass is 32.1. The molecular weight excluding hydrogens is 254 g/mol. The first kappa shape index (κ1) is 14.7. The van der Waals surface area contributed by atoms with Gasteiger partial charge in [-0.1, -0.05) is 25.8 Å². The highest BCUT2D eigenvalue weighted by molar-refractivity contribution is 7.12. The van der Waals surface area contributed by atoms with E-state index in [0.29, 0.717) is 12.2 Å². The van der Waals surface area contributed by atoms with E-state index in [2.05, 4.69) is 18.9 Å². The van der Waals surface area contributed by atoms with Crippen LogP contribution in [0.4, 0.5) is 0 Å². The fraction of sp³-hybridized carbons (Fsp3) is 0.688. The largest absolute Gasteiger partial charge is 0.303 e. The van der Waals surface area contributed by atoms with Crippen LogP contribution in [0.2, 0.25) is 0 Å². The second-order valence-corrected chi connectivity index (χ2v) is 6.76. The van der Waals surface area contributed by atoms with Crippen molar-refractivity contribution in [2.24, 2.45) is 5.92 Å². The molecule has 1 aliphatic carbocycles. The molecule has 19 heavy (non-hydrogen) atoms. The molecule has 0 spiro atoms. The summed E-state index contributed by atoms with van der Waals surface area (Å²) < 4.78 is 0. The van der Waals surface area contributed by atoms with Crippen LogP contribution in [0.1, 0.15) is 55.1 Å². The maximum Gasteiger partial charge on any atom is 0.172 e. The van der Waals surface area contributed by atoms with Gasteiger partial charge in [-0.2, -0.15) is 0 Å². The van der Waals surface area contributed by atoms with E-state index in [1.807, 2.05) is 17.5 Å². The van der Waals surface area contributed by atoms with Gasteiger partial charge in [0.1, 0.15) is 0 Å². The Bertz CT molecular complexity index is 387. The van der Waals surface area contributed by atoms with E-state index in [1.54, 1.807) is 11.3 Å². The number of Topliss-reactive ketones (excluding diaryl/α,β-unsaturated/α-hetero) is 1. The Hall–Kier alpha value is -0.670. The van der Waals surface area contributed by atoms with Crippen LogP contribution < -0.4 is 0 Å². The summed E-state index contributed by atoms with van der Waals surface area (Å²) in [6.45, 7) is 3.42. The van der Waals surface area contributed by atoms with Crippen LogP contribution in [0.3, 0.4) is 0 Å². The van der Waals surface area contributed by atoms with Gasteiger partial charge in [-0.25, -0.2) is 0 Å². The van der Waals surface area contributed by atoms with E-state index < -0.39 is 0 Å². The molecule has 1 aromatic rings. The molecule has 2 unspecified atom stereocenters. The van der Waals surface area contributed by atoms with Crippen molar-refractivity contribution in [3.05, 3.63) is 22.4 Å². The lowest BCUT2D eigenvalue weighted by Gasteiger charge is -2.36. The molecule has 0 aromatic carbocycles. The first-order chi connectivity index (χ1) is 9.18. The summed E-state index contributed by atoms with van der Waals surface area (Å²) in [6, 6.07) is 4.61. The number of ketones is 1. The predicted molar refractivity (Wildman–Crippen MR) is 81.9 cm³/mol. The lowest BCUT2D eigenvalue weighted by molar-refractivity contribution is 0.0966. The summed E-state index contributed by atoms with van der Waals surface area (Å²) >= 11 is 1.56. The SMILES string of the molecule is CC1CCCCC1N(C)CCCC(=O)c1cccs1. The molecule has 0 saturated heterocycles. The Labute approximate surface area is 120 Å². The Morgan fingerprint density at radius 3 is 2.89 bits per heavy atom. The third kappa shape index (κ3) is 4.15. The van der Waals surface area contributed by atoms with Gasteiger partial charge in [0.25, 0.3) is 0 Å². The van der Waals surface area contributed by atoms with Crippen LogP contribution in [-0.4, -0.2) is 30.3 Å². The van der Waals surface area contributed by atoms with Crippen molar-refractivity contribution in [1.29, 1.82) is 0 Å². The van der Waals surface area contributed by atoms with E-state index >= 15 is 0 Å². The van der Waals surface area contributed by atoms with Crippen molar-refractivity contribution in [2.45, 2.75) is 51.5 Å². The minimum absolute atomic E-state index is 0.306. The van der Waals surface area contributed by atoms with E-state index in [0.717, 1.165) is 29.8 Å². The molecule has 0 N–H and O–H groups in total. The van der Waals surface area contributed by atoms with Crippen LogP contribution in [0.15, 0.2) is 17.5 Å². The molecule has 0 aliphatic heterocycles. The van der Waals surface area contributed by atoms with Crippen molar-refractivity contribution in [3.63, 3.8) is 0 Å². The molecule has 2 nitrogen and oxygen atoms in total. The van der Waals surface area contributed by atoms with Crippen molar-refractivity contribution < 1.29 is 4.79 Å². The summed E-state index contributed by atoms with van der Waals surface area (Å²) in [5, 5.41) is 1.98. The van der Waals surface area contributed by atoms with E-state index in [9.17, 15) is 4.79 Å². The third-order valence-electron chi connectivity index (χ3n) is 4.34. The zero-order chi connectivity index (χ0) is 13.7. The van der Waals surface area contributed by atoms with Gasteiger partial charge in [0.05, 0.1) is 4.88 Å². The van der Waals surface area contributed by atoms with Crippen LogP contribution in [0.5, 0.6) is 0 Å². The fourth-order valence-corrected chi connectivity index (χ4v) is 3.86. The molecule has 1 fully saturated rings. The van der Waals surface area contributed by atoms with Gasteiger partial charge < -0.3 is 4.90 Å². The number of hydrogen-bond donors (Lipinski definition) is 0. The quantitative estimate of drug-likeness (QED) is 0.727. The lowest BCUT2D eigenvalue weighted by Crippen LogP contribution is -2.39. The smallest absolute Gasteiger partial charge is 0.172 e. The van der Waals surface area contributed by atoms with Gasteiger partial charge in [0.2, 0.25) is 0 Å². The second-order valence-electron chi connectivity index (χ2n) is 5.81. The molecule has 0 radical (unpaired) electrons. The predicted octanol–water partition coefficient (Wildman–Crippen LogP) is 4.22. The maximum atomic E-state index is 11.9. The Morgan fingerprint density at radius 2 is 2.21 bits per heavy atom. The molecule has 1 saturated carbocycles. The highest BCUT2D eigenvalue weighted by Crippen LogP contribution is 2.27. The average Bonchev–Trinajstić information content (AvgIpc) is 2.93. The Balaban J connectivity index is 1.71. The molecule has 2 atom stereocenters. The number of rotatable bonds is 6. The zero-order valence-corrected chi connectivity index (χ0v) is 12.9. The van der Waals surface area contributed by atoms with Crippen molar-refractivity contribution in [3.8, 4) is 0 Å². The number of hydrogen-bond acceptors (Lipinski definition) is 3. The van der Waals surface area contributed by atoms with Gasteiger partial charge in [-0.15, -0.1) is 11.3 Å². The number of carbonyl (C=O) groups excluding carboxylic acids is 1. The van der Waals surface area contributed by atoms with Gasteiger partial charge >= 0.3 is 0 Å². The van der Waals surface area contributed by atoms with Crippen molar-refractivity contribution >= 4 is 17.1 Å². The molecule has 3 heteroatoms. The van der Waals surface area contributed by atoms with Crippen LogP contribution in [0, 0.1) is 5.92 Å². The average molecular weight is 279 g/mol.